The van der Waals surface area contributed by atoms with Crippen molar-refractivity contribution in [3.8, 4) is 0 Å². The van der Waals surface area contributed by atoms with Crippen molar-refractivity contribution in [2.24, 2.45) is 5.41 Å². The third-order valence-corrected chi connectivity index (χ3v) is 5.76. The number of nitrogens with zero attached hydrogens (tertiary/aromatic N) is 1. The Balaban J connectivity index is 1.91. The van der Waals surface area contributed by atoms with E-state index in [0.717, 1.165) is 0 Å². The summed E-state index contributed by atoms with van der Waals surface area (Å²) in [6, 6.07) is 5.07. The zero-order valence-electron chi connectivity index (χ0n) is 13.3. The van der Waals surface area contributed by atoms with Crippen LogP contribution in [0.2, 0.25) is 0 Å². The molecular formula is C17H30N2S. The van der Waals surface area contributed by atoms with Crippen molar-refractivity contribution in [3.63, 3.8) is 0 Å². The molecule has 2 rings (SSSR count). The molecule has 0 aromatic carbocycles. The molecule has 0 amide bonds. The molecule has 1 fully saturated rings. The lowest BCUT2D eigenvalue weighted by Gasteiger charge is -2.42. The van der Waals surface area contributed by atoms with E-state index in [2.05, 4.69) is 48.6 Å². The van der Waals surface area contributed by atoms with Crippen LogP contribution in [0.15, 0.2) is 17.5 Å². The fraction of sp³-hybridized carbons (Fsp3) is 0.765. The minimum absolute atomic E-state index is 0.554. The molecule has 1 saturated heterocycles. The van der Waals surface area contributed by atoms with E-state index in [1.807, 2.05) is 11.3 Å². The van der Waals surface area contributed by atoms with Crippen molar-refractivity contribution in [1.82, 2.24) is 10.2 Å². The molecule has 0 bridgehead atoms. The number of piperidine rings is 1. The maximum absolute atomic E-state index is 3.52. The molecule has 2 nitrogen and oxygen atoms in total. The van der Waals surface area contributed by atoms with E-state index < -0.39 is 0 Å². The summed E-state index contributed by atoms with van der Waals surface area (Å²) in [6.45, 7) is 8.37. The average Bonchev–Trinajstić information content (AvgIpc) is 2.92. The summed E-state index contributed by atoms with van der Waals surface area (Å²) in [7, 11) is 2.32. The van der Waals surface area contributed by atoms with Crippen molar-refractivity contribution >= 4 is 11.3 Å². The summed E-state index contributed by atoms with van der Waals surface area (Å²) in [5.41, 5.74) is 0.554. The summed E-state index contributed by atoms with van der Waals surface area (Å²) in [6.07, 6.45) is 6.57. The summed E-state index contributed by atoms with van der Waals surface area (Å²) in [5.74, 6) is 0. The van der Waals surface area contributed by atoms with Gasteiger partial charge in [-0.3, -0.25) is 0 Å². The molecule has 2 heterocycles. The van der Waals surface area contributed by atoms with Gasteiger partial charge in [0.1, 0.15) is 0 Å². The number of likely N-dealkylation sites (N-methyl/N-ethyl adjacent to an activating group) is 1. The summed E-state index contributed by atoms with van der Waals surface area (Å²) >= 11 is 1.89. The maximum Gasteiger partial charge on any atom is 0.0112 e. The average molecular weight is 295 g/mol. The number of hydrogen-bond acceptors (Lipinski definition) is 3. The number of thiophene rings is 1. The van der Waals surface area contributed by atoms with Crippen LogP contribution in [0, 0.1) is 5.41 Å². The smallest absolute Gasteiger partial charge is 0.0112 e. The fourth-order valence-electron chi connectivity index (χ4n) is 3.54. The van der Waals surface area contributed by atoms with Gasteiger partial charge in [0.2, 0.25) is 0 Å². The lowest BCUT2D eigenvalue weighted by Crippen LogP contribution is -2.46. The largest absolute Gasteiger partial charge is 0.317 e. The van der Waals surface area contributed by atoms with Crippen molar-refractivity contribution in [3.05, 3.63) is 22.4 Å². The quantitative estimate of drug-likeness (QED) is 0.823. The van der Waals surface area contributed by atoms with Gasteiger partial charge in [0.05, 0.1) is 0 Å². The van der Waals surface area contributed by atoms with Gasteiger partial charge >= 0.3 is 0 Å². The van der Waals surface area contributed by atoms with Crippen molar-refractivity contribution in [2.45, 2.75) is 52.0 Å². The van der Waals surface area contributed by atoms with Gasteiger partial charge in [0, 0.05) is 17.5 Å². The fourth-order valence-corrected chi connectivity index (χ4v) is 4.36. The van der Waals surface area contributed by atoms with Crippen LogP contribution in [0.4, 0.5) is 0 Å². The Labute approximate surface area is 128 Å². The van der Waals surface area contributed by atoms with Gasteiger partial charge in [-0.05, 0) is 69.6 Å². The monoisotopic (exact) mass is 294 g/mol. The molecule has 1 aliphatic heterocycles. The minimum Gasteiger partial charge on any atom is -0.317 e. The van der Waals surface area contributed by atoms with Crippen LogP contribution in [0.5, 0.6) is 0 Å². The molecule has 20 heavy (non-hydrogen) atoms. The Morgan fingerprint density at radius 3 is 2.75 bits per heavy atom. The molecule has 114 valence electrons. The van der Waals surface area contributed by atoms with Crippen molar-refractivity contribution in [2.75, 3.05) is 26.7 Å². The van der Waals surface area contributed by atoms with Crippen LogP contribution >= 0.6 is 11.3 Å². The molecule has 1 unspecified atom stereocenters. The predicted octanol–water partition coefficient (Wildman–Crippen LogP) is 3.78. The molecule has 3 heteroatoms. The van der Waals surface area contributed by atoms with E-state index in [9.17, 15) is 0 Å². The second-order valence-electron chi connectivity index (χ2n) is 6.55. The van der Waals surface area contributed by atoms with Gasteiger partial charge in [-0.15, -0.1) is 11.3 Å². The maximum atomic E-state index is 3.52. The molecule has 0 aliphatic carbocycles. The summed E-state index contributed by atoms with van der Waals surface area (Å²) < 4.78 is 0. The molecule has 1 aliphatic rings. The number of nitrogens with one attached hydrogen (secondary N) is 1. The Hall–Kier alpha value is -0.380. The van der Waals surface area contributed by atoms with E-state index in [4.69, 9.17) is 0 Å². The standard InChI is InChI=1S/C17H30N2S/c1-4-7-17(8-10-18-11-9-17)14-19(3)15(2)13-16-6-5-12-20-16/h5-6,12,15,18H,4,7-11,13-14H2,1-3H3. The van der Waals surface area contributed by atoms with E-state index in [-0.39, 0.29) is 0 Å². The normalized spacial score (nSPS) is 20.2. The molecule has 0 saturated carbocycles. The van der Waals surface area contributed by atoms with E-state index in [1.165, 1.54) is 56.6 Å². The van der Waals surface area contributed by atoms with Crippen LogP contribution in [0.1, 0.15) is 44.4 Å². The zero-order valence-corrected chi connectivity index (χ0v) is 14.1. The summed E-state index contributed by atoms with van der Waals surface area (Å²) in [4.78, 5) is 4.11. The van der Waals surface area contributed by atoms with Crippen LogP contribution in [0.25, 0.3) is 0 Å². The van der Waals surface area contributed by atoms with Gasteiger partial charge in [-0.2, -0.15) is 0 Å². The molecular weight excluding hydrogens is 264 g/mol. The Kier molecular flexibility index (Phi) is 6.06. The Morgan fingerprint density at radius 2 is 2.15 bits per heavy atom. The molecule has 0 radical (unpaired) electrons. The molecule has 1 aromatic heterocycles. The zero-order chi connectivity index (χ0) is 14.4. The van der Waals surface area contributed by atoms with Crippen LogP contribution in [-0.4, -0.2) is 37.6 Å². The Morgan fingerprint density at radius 1 is 1.40 bits per heavy atom. The lowest BCUT2D eigenvalue weighted by molar-refractivity contribution is 0.0956. The highest BCUT2D eigenvalue weighted by molar-refractivity contribution is 7.09. The van der Waals surface area contributed by atoms with Gasteiger partial charge in [0.15, 0.2) is 0 Å². The van der Waals surface area contributed by atoms with E-state index in [1.54, 1.807) is 0 Å². The SMILES string of the molecule is CCCC1(CN(C)C(C)Cc2cccs2)CCNCC1. The first-order valence-corrected chi connectivity index (χ1v) is 8.96. The minimum atomic E-state index is 0.554. The van der Waals surface area contributed by atoms with E-state index in [0.29, 0.717) is 11.5 Å². The van der Waals surface area contributed by atoms with Gasteiger partial charge < -0.3 is 10.2 Å². The second kappa shape index (κ2) is 7.58. The third kappa shape index (κ3) is 4.31. The third-order valence-electron chi connectivity index (χ3n) is 4.86. The van der Waals surface area contributed by atoms with Gasteiger partial charge in [-0.25, -0.2) is 0 Å². The molecule has 1 N–H and O–H groups in total. The van der Waals surface area contributed by atoms with Gasteiger partial charge in [0.25, 0.3) is 0 Å². The highest BCUT2D eigenvalue weighted by Gasteiger charge is 2.33. The molecule has 1 atom stereocenters. The second-order valence-corrected chi connectivity index (χ2v) is 7.58. The summed E-state index contributed by atoms with van der Waals surface area (Å²) in [5, 5.41) is 5.71. The first kappa shape index (κ1) is 16.0. The molecule has 1 aromatic rings. The van der Waals surface area contributed by atoms with Crippen molar-refractivity contribution in [1.29, 1.82) is 0 Å². The highest BCUT2D eigenvalue weighted by atomic mass is 32.1. The van der Waals surface area contributed by atoms with Gasteiger partial charge in [-0.1, -0.05) is 19.4 Å². The molecule has 0 spiro atoms. The van der Waals surface area contributed by atoms with Crippen LogP contribution in [-0.2, 0) is 6.42 Å². The topological polar surface area (TPSA) is 15.3 Å². The van der Waals surface area contributed by atoms with E-state index >= 15 is 0 Å². The highest BCUT2D eigenvalue weighted by Crippen LogP contribution is 2.35. The van der Waals surface area contributed by atoms with Crippen LogP contribution < -0.4 is 5.32 Å². The first-order chi connectivity index (χ1) is 9.65. The van der Waals surface area contributed by atoms with Crippen molar-refractivity contribution < 1.29 is 0 Å². The Bertz CT molecular complexity index is 363. The predicted molar refractivity (Wildman–Crippen MR) is 89.6 cm³/mol. The van der Waals surface area contributed by atoms with Crippen LogP contribution in [0.3, 0.4) is 0 Å². The first-order valence-electron chi connectivity index (χ1n) is 8.08. The number of rotatable bonds is 7. The lowest BCUT2D eigenvalue weighted by atomic mass is 9.75. The number of hydrogen-bond donors (Lipinski definition) is 1.